The first-order chi connectivity index (χ1) is 13.7. The molecule has 0 aromatic heterocycles. The zero-order chi connectivity index (χ0) is 21.3. The largest absolute Gasteiger partial charge is 0.507 e. The van der Waals surface area contributed by atoms with Crippen molar-refractivity contribution in [2.45, 2.75) is 52.4 Å². The Morgan fingerprint density at radius 2 is 1.66 bits per heavy atom. The summed E-state index contributed by atoms with van der Waals surface area (Å²) in [5, 5.41) is 10.1. The van der Waals surface area contributed by atoms with Crippen molar-refractivity contribution in [1.82, 2.24) is 9.80 Å². The number of rotatable bonds is 5. The van der Waals surface area contributed by atoms with E-state index in [4.69, 9.17) is 0 Å². The molecule has 1 N–H and O–H groups in total. The van der Waals surface area contributed by atoms with Crippen molar-refractivity contribution >= 4 is 34.9 Å². The molecule has 2 saturated heterocycles. The number of phenols is 1. The highest BCUT2D eigenvalue weighted by Gasteiger charge is 2.37. The standard InChI is InChI=1S/C22H28N2O4S/c1-13(2)16-9-15(10-17(14(3)4)20(16)26)11-18-21(27)24(22(28)29-18)12-19(25)23-7-5-6-8-23/h9-11,13-14,26H,5-8,12H2,1-4H3. The predicted octanol–water partition coefficient (Wildman–Crippen LogP) is 4.30. The van der Waals surface area contributed by atoms with Crippen molar-refractivity contribution in [2.75, 3.05) is 19.6 Å². The van der Waals surface area contributed by atoms with Gasteiger partial charge in [-0.05, 0) is 71.3 Å². The average Bonchev–Trinajstić information content (AvgIpc) is 3.27. The number of amides is 3. The van der Waals surface area contributed by atoms with E-state index in [1.165, 1.54) is 0 Å². The Kier molecular flexibility index (Phi) is 6.36. The first-order valence-electron chi connectivity index (χ1n) is 10.1. The van der Waals surface area contributed by atoms with Gasteiger partial charge in [0.25, 0.3) is 11.1 Å². The van der Waals surface area contributed by atoms with Gasteiger partial charge >= 0.3 is 0 Å². The van der Waals surface area contributed by atoms with Crippen LogP contribution in [-0.2, 0) is 9.59 Å². The van der Waals surface area contributed by atoms with Crippen LogP contribution in [0.1, 0.15) is 69.1 Å². The number of nitrogens with zero attached hydrogens (tertiary/aromatic N) is 2. The number of phenolic OH excluding ortho intramolecular Hbond substituents is 1. The summed E-state index contributed by atoms with van der Waals surface area (Å²) in [6, 6.07) is 3.71. The average molecular weight is 417 g/mol. The third-order valence-corrected chi connectivity index (χ3v) is 6.27. The van der Waals surface area contributed by atoms with E-state index >= 15 is 0 Å². The molecule has 156 valence electrons. The second-order valence-electron chi connectivity index (χ2n) is 8.21. The van der Waals surface area contributed by atoms with Crippen LogP contribution in [0.25, 0.3) is 6.08 Å². The molecule has 6 nitrogen and oxygen atoms in total. The molecular formula is C22H28N2O4S. The fourth-order valence-corrected chi connectivity index (χ4v) is 4.50. The van der Waals surface area contributed by atoms with Gasteiger partial charge in [0.2, 0.25) is 5.91 Å². The maximum atomic E-state index is 12.8. The molecule has 1 aromatic rings. The topological polar surface area (TPSA) is 77.9 Å². The smallest absolute Gasteiger partial charge is 0.294 e. The van der Waals surface area contributed by atoms with Crippen LogP contribution in [-0.4, -0.2) is 51.6 Å². The fourth-order valence-electron chi connectivity index (χ4n) is 3.66. The SMILES string of the molecule is CC(C)c1cc(C=C2SC(=O)N(CC(=O)N3CCCC3)C2=O)cc(C(C)C)c1O. The first kappa shape index (κ1) is 21.4. The molecule has 3 amide bonds. The molecule has 0 bridgehead atoms. The van der Waals surface area contributed by atoms with Crippen molar-refractivity contribution in [3.8, 4) is 5.75 Å². The van der Waals surface area contributed by atoms with Gasteiger partial charge in [0.05, 0.1) is 4.91 Å². The summed E-state index contributed by atoms with van der Waals surface area (Å²) in [6.45, 7) is 9.18. The lowest BCUT2D eigenvalue weighted by atomic mass is 9.91. The quantitative estimate of drug-likeness (QED) is 0.724. The third-order valence-electron chi connectivity index (χ3n) is 5.36. The van der Waals surface area contributed by atoms with Gasteiger partial charge < -0.3 is 10.0 Å². The normalized spacial score (nSPS) is 18.8. The number of carbonyl (C=O) groups is 3. The van der Waals surface area contributed by atoms with Crippen LogP contribution in [0.3, 0.4) is 0 Å². The highest BCUT2D eigenvalue weighted by Crippen LogP contribution is 2.37. The van der Waals surface area contributed by atoms with E-state index in [1.807, 2.05) is 39.8 Å². The maximum absolute atomic E-state index is 12.8. The van der Waals surface area contributed by atoms with E-state index in [1.54, 1.807) is 11.0 Å². The summed E-state index contributed by atoms with van der Waals surface area (Å²) in [4.78, 5) is 40.5. The minimum Gasteiger partial charge on any atom is -0.507 e. The first-order valence-corrected chi connectivity index (χ1v) is 10.9. The lowest BCUT2D eigenvalue weighted by molar-refractivity contribution is -0.135. The maximum Gasteiger partial charge on any atom is 0.294 e. The molecule has 29 heavy (non-hydrogen) atoms. The molecule has 0 atom stereocenters. The highest BCUT2D eigenvalue weighted by atomic mass is 32.2. The van der Waals surface area contributed by atoms with Crippen molar-refractivity contribution in [2.24, 2.45) is 0 Å². The van der Waals surface area contributed by atoms with Gasteiger partial charge in [-0.25, -0.2) is 0 Å². The zero-order valence-corrected chi connectivity index (χ0v) is 18.2. The molecule has 0 unspecified atom stereocenters. The third kappa shape index (κ3) is 4.50. The monoisotopic (exact) mass is 416 g/mol. The lowest BCUT2D eigenvalue weighted by Gasteiger charge is -2.18. The van der Waals surface area contributed by atoms with Crippen LogP contribution in [0.5, 0.6) is 5.75 Å². The molecule has 0 radical (unpaired) electrons. The van der Waals surface area contributed by atoms with Gasteiger partial charge in [-0.2, -0.15) is 0 Å². The Hall–Kier alpha value is -2.28. The Bertz CT molecular complexity index is 841. The molecule has 2 aliphatic heterocycles. The van der Waals surface area contributed by atoms with E-state index in [0.717, 1.165) is 46.2 Å². The van der Waals surface area contributed by atoms with Crippen LogP contribution in [0, 0.1) is 0 Å². The Morgan fingerprint density at radius 3 is 2.17 bits per heavy atom. The number of aromatic hydroxyl groups is 1. The Balaban J connectivity index is 1.86. The van der Waals surface area contributed by atoms with Gasteiger partial charge in [-0.3, -0.25) is 19.3 Å². The van der Waals surface area contributed by atoms with Crippen LogP contribution in [0.4, 0.5) is 4.79 Å². The molecule has 0 aliphatic carbocycles. The van der Waals surface area contributed by atoms with Gasteiger partial charge in [-0.1, -0.05) is 27.7 Å². The second kappa shape index (κ2) is 8.61. The zero-order valence-electron chi connectivity index (χ0n) is 17.4. The number of carbonyl (C=O) groups excluding carboxylic acids is 3. The molecule has 1 aromatic carbocycles. The number of thioether (sulfide) groups is 1. The predicted molar refractivity (Wildman–Crippen MR) is 115 cm³/mol. The number of hydrogen-bond acceptors (Lipinski definition) is 5. The van der Waals surface area contributed by atoms with Crippen molar-refractivity contribution in [3.63, 3.8) is 0 Å². The number of imide groups is 1. The van der Waals surface area contributed by atoms with Gasteiger partial charge in [0.1, 0.15) is 12.3 Å². The molecule has 7 heteroatoms. The highest BCUT2D eigenvalue weighted by molar-refractivity contribution is 8.18. The molecule has 0 saturated carbocycles. The van der Waals surface area contributed by atoms with E-state index in [0.29, 0.717) is 18.0 Å². The van der Waals surface area contributed by atoms with E-state index in [9.17, 15) is 19.5 Å². The molecule has 0 spiro atoms. The lowest BCUT2D eigenvalue weighted by Crippen LogP contribution is -2.40. The van der Waals surface area contributed by atoms with E-state index in [-0.39, 0.29) is 30.0 Å². The Morgan fingerprint density at radius 1 is 1.10 bits per heavy atom. The molecular weight excluding hydrogens is 388 g/mol. The molecule has 3 rings (SSSR count). The van der Waals surface area contributed by atoms with Gasteiger partial charge in [-0.15, -0.1) is 0 Å². The molecule has 2 fully saturated rings. The van der Waals surface area contributed by atoms with Crippen LogP contribution >= 0.6 is 11.8 Å². The Labute approximate surface area is 175 Å². The van der Waals surface area contributed by atoms with E-state index in [2.05, 4.69) is 0 Å². The van der Waals surface area contributed by atoms with Crippen LogP contribution in [0.15, 0.2) is 17.0 Å². The summed E-state index contributed by atoms with van der Waals surface area (Å²) >= 11 is 0.859. The van der Waals surface area contributed by atoms with Gasteiger partial charge in [0, 0.05) is 13.1 Å². The minimum atomic E-state index is -0.433. The van der Waals surface area contributed by atoms with Crippen molar-refractivity contribution in [1.29, 1.82) is 0 Å². The second-order valence-corrected chi connectivity index (χ2v) is 9.21. The number of likely N-dealkylation sites (tertiary alicyclic amines) is 1. The summed E-state index contributed by atoms with van der Waals surface area (Å²) in [5.74, 6) is -0.0860. The van der Waals surface area contributed by atoms with Crippen molar-refractivity contribution in [3.05, 3.63) is 33.7 Å². The summed E-state index contributed by atoms with van der Waals surface area (Å²) < 4.78 is 0. The van der Waals surface area contributed by atoms with Crippen molar-refractivity contribution < 1.29 is 19.5 Å². The minimum absolute atomic E-state index is 0.119. The molecule has 2 heterocycles. The van der Waals surface area contributed by atoms with E-state index < -0.39 is 11.1 Å². The summed E-state index contributed by atoms with van der Waals surface area (Å²) in [6.07, 6.45) is 3.61. The van der Waals surface area contributed by atoms with Crippen LogP contribution < -0.4 is 0 Å². The van der Waals surface area contributed by atoms with Gasteiger partial charge in [0.15, 0.2) is 0 Å². The fraction of sp³-hybridized carbons (Fsp3) is 0.500. The summed E-state index contributed by atoms with van der Waals surface area (Å²) in [7, 11) is 0. The summed E-state index contributed by atoms with van der Waals surface area (Å²) in [5.41, 5.74) is 2.39. The molecule has 2 aliphatic rings. The number of hydrogen-bond donors (Lipinski definition) is 1. The van der Waals surface area contributed by atoms with Crippen LogP contribution in [0.2, 0.25) is 0 Å². The number of benzene rings is 1.